The summed E-state index contributed by atoms with van der Waals surface area (Å²) >= 11 is 0. The highest BCUT2D eigenvalue weighted by molar-refractivity contribution is 5.80. The Bertz CT molecular complexity index is 2100. The number of aromatic nitrogens is 6. The summed E-state index contributed by atoms with van der Waals surface area (Å²) in [6.45, 7) is 0. The summed E-state index contributed by atoms with van der Waals surface area (Å²) in [6, 6.07) is 34.4. The van der Waals surface area contributed by atoms with E-state index in [0.29, 0.717) is 51.5 Å². The molecule has 218 valence electrons. The van der Waals surface area contributed by atoms with Gasteiger partial charge >= 0.3 is 0 Å². The van der Waals surface area contributed by atoms with Crippen LogP contribution in [-0.2, 0) is 0 Å². The fraction of sp³-hybridized carbons (Fsp3) is 0. The van der Waals surface area contributed by atoms with E-state index in [0.717, 1.165) is 33.6 Å². The van der Waals surface area contributed by atoms with Gasteiger partial charge in [-0.15, -0.1) is 0 Å². The SMILES string of the molecule is c1ccc2oc(-c3ccc(N(c4ccc(-c5nc6ccccc6o5)nc4)c4ccc(-c5nc6ccccc6o5)nc4)cn3)nc2c1. The Morgan fingerprint density at radius 3 is 0.978 bits per heavy atom. The number of anilines is 3. The Kier molecular flexibility index (Phi) is 5.88. The molecule has 0 spiro atoms. The number of nitrogens with zero attached hydrogens (tertiary/aromatic N) is 7. The van der Waals surface area contributed by atoms with E-state index >= 15 is 0 Å². The zero-order valence-electron chi connectivity index (χ0n) is 24.0. The van der Waals surface area contributed by atoms with E-state index in [4.69, 9.17) is 28.2 Å². The number of benzene rings is 3. The lowest BCUT2D eigenvalue weighted by Gasteiger charge is -2.24. The van der Waals surface area contributed by atoms with Crippen molar-refractivity contribution in [2.45, 2.75) is 0 Å². The lowest BCUT2D eigenvalue weighted by atomic mass is 10.2. The van der Waals surface area contributed by atoms with Gasteiger partial charge < -0.3 is 18.2 Å². The van der Waals surface area contributed by atoms with Gasteiger partial charge in [0.2, 0.25) is 17.7 Å². The number of oxazole rings is 3. The minimum Gasteiger partial charge on any atom is -0.435 e. The van der Waals surface area contributed by atoms with Crippen molar-refractivity contribution in [2.24, 2.45) is 0 Å². The molecular weight excluding hydrogens is 578 g/mol. The maximum Gasteiger partial charge on any atom is 0.246 e. The topological polar surface area (TPSA) is 120 Å². The highest BCUT2D eigenvalue weighted by atomic mass is 16.4. The van der Waals surface area contributed by atoms with Gasteiger partial charge in [0.05, 0.1) is 35.7 Å². The molecule has 9 rings (SSSR count). The Morgan fingerprint density at radius 1 is 0.370 bits per heavy atom. The summed E-state index contributed by atoms with van der Waals surface area (Å²) in [7, 11) is 0. The number of hydrogen-bond donors (Lipinski definition) is 0. The predicted octanol–water partition coefficient (Wildman–Crippen LogP) is 8.77. The normalized spacial score (nSPS) is 11.5. The molecule has 0 unspecified atom stereocenters. The maximum absolute atomic E-state index is 5.94. The highest BCUT2D eigenvalue weighted by Gasteiger charge is 2.18. The van der Waals surface area contributed by atoms with Crippen LogP contribution in [-0.4, -0.2) is 29.9 Å². The molecule has 6 aromatic heterocycles. The molecule has 6 heterocycles. The van der Waals surface area contributed by atoms with Gasteiger partial charge in [0, 0.05) is 0 Å². The van der Waals surface area contributed by atoms with Gasteiger partial charge in [-0.1, -0.05) is 36.4 Å². The number of hydrogen-bond acceptors (Lipinski definition) is 10. The molecule has 0 saturated carbocycles. The minimum atomic E-state index is 0.452. The van der Waals surface area contributed by atoms with Crippen molar-refractivity contribution in [3.63, 3.8) is 0 Å². The minimum absolute atomic E-state index is 0.452. The van der Waals surface area contributed by atoms with Crippen LogP contribution in [0.5, 0.6) is 0 Å². The molecule has 0 fully saturated rings. The largest absolute Gasteiger partial charge is 0.435 e. The van der Waals surface area contributed by atoms with Gasteiger partial charge in [0.15, 0.2) is 16.7 Å². The Morgan fingerprint density at radius 2 is 0.696 bits per heavy atom. The molecule has 0 aliphatic rings. The first-order chi connectivity index (χ1) is 22.7. The van der Waals surface area contributed by atoms with Crippen molar-refractivity contribution in [3.8, 4) is 34.8 Å². The third kappa shape index (κ3) is 4.52. The van der Waals surface area contributed by atoms with Crippen LogP contribution >= 0.6 is 0 Å². The third-order valence-electron chi connectivity index (χ3n) is 7.56. The summed E-state index contributed by atoms with van der Waals surface area (Å²) in [5.41, 5.74) is 8.67. The second-order valence-corrected chi connectivity index (χ2v) is 10.5. The van der Waals surface area contributed by atoms with Gasteiger partial charge in [-0.2, -0.15) is 0 Å². The van der Waals surface area contributed by atoms with Crippen molar-refractivity contribution in [3.05, 3.63) is 128 Å². The number of fused-ring (bicyclic) bond motifs is 3. The Labute approximate surface area is 260 Å². The number of pyridine rings is 3. The van der Waals surface area contributed by atoms with Gasteiger partial charge in [-0.25, -0.2) is 29.9 Å². The van der Waals surface area contributed by atoms with E-state index in [1.165, 1.54) is 0 Å². The second kappa shape index (κ2) is 10.5. The zero-order valence-corrected chi connectivity index (χ0v) is 24.0. The second-order valence-electron chi connectivity index (χ2n) is 10.5. The average molecular weight is 600 g/mol. The van der Waals surface area contributed by atoms with Gasteiger partial charge in [-0.05, 0) is 72.8 Å². The Balaban J connectivity index is 1.09. The first kappa shape index (κ1) is 25.8. The summed E-state index contributed by atoms with van der Waals surface area (Å²) in [5, 5.41) is 0. The van der Waals surface area contributed by atoms with Crippen molar-refractivity contribution < 1.29 is 13.3 Å². The molecule has 3 aromatic carbocycles. The van der Waals surface area contributed by atoms with Crippen molar-refractivity contribution in [1.29, 1.82) is 0 Å². The standard InChI is InChI=1S/C36H21N7O3/c1-4-10-31-25(7-1)40-34(44-31)28-16-13-22(19-37-28)43(23-14-17-29(38-20-23)35-41-26-8-2-5-11-32(26)45-35)24-15-18-30(39-21-24)36-42-27-9-3-6-12-33(27)46-36/h1-21H. The smallest absolute Gasteiger partial charge is 0.246 e. The van der Waals surface area contributed by atoms with Gasteiger partial charge in [0.1, 0.15) is 33.6 Å². The first-order valence-corrected chi connectivity index (χ1v) is 14.5. The maximum atomic E-state index is 5.94. The van der Waals surface area contributed by atoms with Crippen LogP contribution in [0.1, 0.15) is 0 Å². The molecule has 10 heteroatoms. The Hall–Kier alpha value is -6.68. The number of para-hydroxylation sites is 6. The van der Waals surface area contributed by atoms with Crippen LogP contribution in [0.25, 0.3) is 68.1 Å². The molecule has 0 bridgehead atoms. The molecule has 10 nitrogen and oxygen atoms in total. The number of rotatable bonds is 6. The molecule has 0 atom stereocenters. The molecule has 0 N–H and O–H groups in total. The van der Waals surface area contributed by atoms with Crippen molar-refractivity contribution >= 4 is 50.4 Å². The third-order valence-corrected chi connectivity index (χ3v) is 7.56. The summed E-state index contributed by atoms with van der Waals surface area (Å²) in [6.07, 6.45) is 5.31. The van der Waals surface area contributed by atoms with E-state index in [1.54, 1.807) is 18.6 Å². The van der Waals surface area contributed by atoms with Crippen LogP contribution in [0.3, 0.4) is 0 Å². The predicted molar refractivity (Wildman–Crippen MR) is 174 cm³/mol. The molecule has 0 aliphatic carbocycles. The van der Waals surface area contributed by atoms with Crippen molar-refractivity contribution in [2.75, 3.05) is 4.90 Å². The molecule has 46 heavy (non-hydrogen) atoms. The van der Waals surface area contributed by atoms with Gasteiger partial charge in [-0.3, -0.25) is 0 Å². The molecule has 0 saturated heterocycles. The van der Waals surface area contributed by atoms with Crippen LogP contribution in [0, 0.1) is 0 Å². The first-order valence-electron chi connectivity index (χ1n) is 14.5. The fourth-order valence-electron chi connectivity index (χ4n) is 5.33. The fourth-order valence-corrected chi connectivity index (χ4v) is 5.33. The molecule has 9 aromatic rings. The molecular formula is C36H21N7O3. The van der Waals surface area contributed by atoms with Crippen molar-refractivity contribution in [1.82, 2.24) is 29.9 Å². The summed E-state index contributed by atoms with van der Waals surface area (Å²) in [4.78, 5) is 29.9. The summed E-state index contributed by atoms with van der Waals surface area (Å²) < 4.78 is 17.8. The van der Waals surface area contributed by atoms with E-state index in [1.807, 2.05) is 114 Å². The highest BCUT2D eigenvalue weighted by Crippen LogP contribution is 2.36. The molecule has 0 amide bonds. The summed E-state index contributed by atoms with van der Waals surface area (Å²) in [5.74, 6) is 1.36. The van der Waals surface area contributed by atoms with Gasteiger partial charge in [0.25, 0.3) is 0 Å². The zero-order chi connectivity index (χ0) is 30.5. The van der Waals surface area contributed by atoms with Crippen LogP contribution in [0.2, 0.25) is 0 Å². The van der Waals surface area contributed by atoms with Crippen LogP contribution < -0.4 is 4.90 Å². The lowest BCUT2D eigenvalue weighted by molar-refractivity contribution is 0.616. The van der Waals surface area contributed by atoms with Crippen LogP contribution in [0.15, 0.2) is 141 Å². The van der Waals surface area contributed by atoms with Crippen LogP contribution in [0.4, 0.5) is 17.1 Å². The van der Waals surface area contributed by atoms with E-state index in [-0.39, 0.29) is 0 Å². The van der Waals surface area contributed by atoms with E-state index in [2.05, 4.69) is 15.0 Å². The molecule has 0 aliphatic heterocycles. The van der Waals surface area contributed by atoms with E-state index < -0.39 is 0 Å². The molecule has 0 radical (unpaired) electrons. The lowest BCUT2D eigenvalue weighted by Crippen LogP contribution is -2.11. The average Bonchev–Trinajstić information content (AvgIpc) is 3.86. The quantitative estimate of drug-likeness (QED) is 0.183. The van der Waals surface area contributed by atoms with E-state index in [9.17, 15) is 0 Å². The monoisotopic (exact) mass is 599 g/mol.